The number of aryl methyl sites for hydroxylation is 2. The highest BCUT2D eigenvalue weighted by atomic mass is 16.5. The lowest BCUT2D eigenvalue weighted by atomic mass is 9.72. The number of hydrogen-bond donors (Lipinski definition) is 1. The molecule has 0 aromatic heterocycles. The smallest absolute Gasteiger partial charge is 0.238 e. The summed E-state index contributed by atoms with van der Waals surface area (Å²) in [4.78, 5) is 31.1. The summed E-state index contributed by atoms with van der Waals surface area (Å²) in [7, 11) is 1.67. The van der Waals surface area contributed by atoms with E-state index in [0.717, 1.165) is 5.56 Å². The Morgan fingerprint density at radius 2 is 1.70 bits per heavy atom. The summed E-state index contributed by atoms with van der Waals surface area (Å²) >= 11 is 0. The number of ether oxygens (including phenoxy) is 1. The molecule has 0 spiro atoms. The normalized spacial score (nSPS) is 20.9. The Kier molecular flexibility index (Phi) is 7.15. The van der Waals surface area contributed by atoms with Crippen LogP contribution in [0.3, 0.4) is 0 Å². The zero-order valence-electron chi connectivity index (χ0n) is 20.0. The third-order valence-electron chi connectivity index (χ3n) is 7.09. The van der Waals surface area contributed by atoms with Gasteiger partial charge in [0.25, 0.3) is 0 Å². The zero-order chi connectivity index (χ0) is 23.4. The van der Waals surface area contributed by atoms with Crippen LogP contribution >= 0.6 is 0 Å². The second-order valence-electron chi connectivity index (χ2n) is 9.41. The fourth-order valence-electron chi connectivity index (χ4n) is 5.33. The molecule has 0 saturated carbocycles. The molecule has 2 saturated heterocycles. The van der Waals surface area contributed by atoms with Crippen LogP contribution in [-0.4, -0.2) is 67.6 Å². The molecule has 2 amide bonds. The molecule has 0 unspecified atom stereocenters. The van der Waals surface area contributed by atoms with E-state index in [1.54, 1.807) is 7.05 Å². The number of benzene rings is 2. The maximum atomic E-state index is 14.1. The zero-order valence-corrected chi connectivity index (χ0v) is 20.0. The van der Waals surface area contributed by atoms with Gasteiger partial charge in [-0.15, -0.1) is 0 Å². The molecule has 2 fully saturated rings. The van der Waals surface area contributed by atoms with Crippen molar-refractivity contribution in [3.8, 4) is 0 Å². The Morgan fingerprint density at radius 1 is 1.03 bits per heavy atom. The Hall–Kier alpha value is -2.70. The van der Waals surface area contributed by atoms with Crippen molar-refractivity contribution < 1.29 is 14.3 Å². The second kappa shape index (κ2) is 10.1. The molecule has 0 aliphatic carbocycles. The third-order valence-corrected chi connectivity index (χ3v) is 7.09. The third kappa shape index (κ3) is 4.97. The van der Waals surface area contributed by atoms with Crippen molar-refractivity contribution in [1.29, 1.82) is 0 Å². The van der Waals surface area contributed by atoms with E-state index in [4.69, 9.17) is 4.74 Å². The first-order valence-electron chi connectivity index (χ1n) is 11.9. The van der Waals surface area contributed by atoms with Gasteiger partial charge in [0.1, 0.15) is 6.04 Å². The van der Waals surface area contributed by atoms with Crippen molar-refractivity contribution in [2.45, 2.75) is 44.7 Å². The summed E-state index contributed by atoms with van der Waals surface area (Å²) in [5.41, 5.74) is 3.99. The second-order valence-corrected chi connectivity index (χ2v) is 9.41. The van der Waals surface area contributed by atoms with Gasteiger partial charge in [-0.05, 0) is 37.8 Å². The monoisotopic (exact) mass is 449 g/mol. The quantitative estimate of drug-likeness (QED) is 0.763. The van der Waals surface area contributed by atoms with Gasteiger partial charge in [-0.1, -0.05) is 59.7 Å². The van der Waals surface area contributed by atoms with Crippen molar-refractivity contribution in [1.82, 2.24) is 15.1 Å². The fraction of sp³-hybridized carbons (Fsp3) is 0.481. The minimum Gasteiger partial charge on any atom is -0.381 e. The molecule has 2 aliphatic heterocycles. The highest BCUT2D eigenvalue weighted by molar-refractivity contribution is 5.90. The first-order valence-corrected chi connectivity index (χ1v) is 11.9. The van der Waals surface area contributed by atoms with Crippen molar-refractivity contribution in [2.75, 3.05) is 39.9 Å². The lowest BCUT2D eigenvalue weighted by Crippen LogP contribution is -2.62. The average molecular weight is 450 g/mol. The lowest BCUT2D eigenvalue weighted by Gasteiger charge is -2.45. The van der Waals surface area contributed by atoms with Crippen LogP contribution in [0.1, 0.15) is 35.1 Å². The van der Waals surface area contributed by atoms with Gasteiger partial charge in [-0.2, -0.15) is 0 Å². The molecule has 6 heteroatoms. The van der Waals surface area contributed by atoms with Crippen LogP contribution in [0.2, 0.25) is 0 Å². The Labute approximate surface area is 196 Å². The van der Waals surface area contributed by atoms with Gasteiger partial charge in [-0.25, -0.2) is 0 Å². The first-order chi connectivity index (χ1) is 15.9. The molecule has 2 heterocycles. The molecule has 33 heavy (non-hydrogen) atoms. The van der Waals surface area contributed by atoms with Crippen LogP contribution in [0.5, 0.6) is 0 Å². The maximum absolute atomic E-state index is 14.1. The molecule has 2 aliphatic rings. The molecular weight excluding hydrogens is 414 g/mol. The first kappa shape index (κ1) is 23.5. The predicted octanol–water partition coefficient (Wildman–Crippen LogP) is 2.81. The Morgan fingerprint density at radius 3 is 2.33 bits per heavy atom. The van der Waals surface area contributed by atoms with E-state index in [9.17, 15) is 9.59 Å². The molecule has 2 aromatic rings. The van der Waals surface area contributed by atoms with Crippen LogP contribution in [0.15, 0.2) is 48.5 Å². The van der Waals surface area contributed by atoms with Crippen LogP contribution in [0.4, 0.5) is 0 Å². The summed E-state index contributed by atoms with van der Waals surface area (Å²) in [5, 5.41) is 2.81. The summed E-state index contributed by atoms with van der Waals surface area (Å²) in [5.74, 6) is 0.0833. The Bertz CT molecular complexity index is 965. The van der Waals surface area contributed by atoms with Gasteiger partial charge < -0.3 is 15.0 Å². The number of amides is 2. The van der Waals surface area contributed by atoms with Crippen LogP contribution in [0, 0.1) is 13.8 Å². The van der Waals surface area contributed by atoms with E-state index in [0.29, 0.717) is 52.2 Å². The van der Waals surface area contributed by atoms with Crippen molar-refractivity contribution in [3.63, 3.8) is 0 Å². The summed E-state index contributed by atoms with van der Waals surface area (Å²) in [6.45, 7) is 7.69. The SMILES string of the molecule is CNC(=O)[C@@H]1CN(C(=O)C2(c3cc(C)cc(C)c3)CCOCC2)CCN1Cc1ccccc1. The molecule has 4 rings (SSSR count). The number of likely N-dealkylation sites (N-methyl/N-ethyl adjacent to an activating group) is 1. The van der Waals surface area contributed by atoms with E-state index in [-0.39, 0.29) is 17.9 Å². The van der Waals surface area contributed by atoms with Crippen LogP contribution < -0.4 is 5.32 Å². The maximum Gasteiger partial charge on any atom is 0.238 e. The molecule has 1 atom stereocenters. The van der Waals surface area contributed by atoms with Gasteiger partial charge in [0, 0.05) is 46.4 Å². The van der Waals surface area contributed by atoms with Crippen LogP contribution in [-0.2, 0) is 26.3 Å². The minimum atomic E-state index is -0.593. The predicted molar refractivity (Wildman–Crippen MR) is 129 cm³/mol. The largest absolute Gasteiger partial charge is 0.381 e. The number of carbonyl (C=O) groups is 2. The molecule has 176 valence electrons. The summed E-state index contributed by atoms with van der Waals surface area (Å²) in [6, 6.07) is 16.3. The molecule has 0 bridgehead atoms. The van der Waals surface area contributed by atoms with E-state index in [2.05, 4.69) is 54.4 Å². The van der Waals surface area contributed by atoms with E-state index >= 15 is 0 Å². The summed E-state index contributed by atoms with van der Waals surface area (Å²) in [6.07, 6.45) is 1.34. The molecule has 2 aromatic carbocycles. The highest BCUT2D eigenvalue weighted by Gasteiger charge is 2.46. The number of piperazine rings is 1. The van der Waals surface area contributed by atoms with Crippen molar-refractivity contribution in [3.05, 3.63) is 70.8 Å². The van der Waals surface area contributed by atoms with Crippen LogP contribution in [0.25, 0.3) is 0 Å². The number of rotatable bonds is 5. The fourth-order valence-corrected chi connectivity index (χ4v) is 5.33. The molecule has 0 radical (unpaired) electrons. The average Bonchev–Trinajstić information content (AvgIpc) is 2.84. The van der Waals surface area contributed by atoms with Crippen molar-refractivity contribution >= 4 is 11.8 Å². The number of carbonyl (C=O) groups excluding carboxylic acids is 2. The van der Waals surface area contributed by atoms with Gasteiger partial charge in [-0.3, -0.25) is 14.5 Å². The lowest BCUT2D eigenvalue weighted by molar-refractivity contribution is -0.146. The molecule has 1 N–H and O–H groups in total. The van der Waals surface area contributed by atoms with E-state index in [1.807, 2.05) is 23.1 Å². The van der Waals surface area contributed by atoms with Gasteiger partial charge in [0.2, 0.25) is 11.8 Å². The number of nitrogens with one attached hydrogen (secondary N) is 1. The van der Waals surface area contributed by atoms with Gasteiger partial charge >= 0.3 is 0 Å². The topological polar surface area (TPSA) is 61.9 Å². The van der Waals surface area contributed by atoms with Crippen molar-refractivity contribution in [2.24, 2.45) is 0 Å². The van der Waals surface area contributed by atoms with E-state index < -0.39 is 5.41 Å². The highest BCUT2D eigenvalue weighted by Crippen LogP contribution is 2.38. The molecule has 6 nitrogen and oxygen atoms in total. The molecular formula is C27H35N3O3. The van der Waals surface area contributed by atoms with Gasteiger partial charge in [0.05, 0.1) is 5.41 Å². The Balaban J connectivity index is 1.60. The minimum absolute atomic E-state index is 0.0455. The van der Waals surface area contributed by atoms with E-state index in [1.165, 1.54) is 16.7 Å². The number of nitrogens with zero attached hydrogens (tertiary/aromatic N) is 2. The summed E-state index contributed by atoms with van der Waals surface area (Å²) < 4.78 is 5.66. The number of hydrogen-bond acceptors (Lipinski definition) is 4. The van der Waals surface area contributed by atoms with Gasteiger partial charge in [0.15, 0.2) is 0 Å². The standard InChI is InChI=1S/C27H35N3O3/c1-20-15-21(2)17-23(16-20)27(9-13-33-14-10-27)26(32)30-12-11-29(24(19-30)25(31)28-3)18-22-7-5-4-6-8-22/h4-8,15-17,24H,9-14,18-19H2,1-3H3,(H,28,31)/t24-/m0/s1.